The number of benzene rings is 2. The lowest BCUT2D eigenvalue weighted by atomic mass is 10.00. The summed E-state index contributed by atoms with van der Waals surface area (Å²) in [4.78, 5) is 0. The van der Waals surface area contributed by atoms with E-state index in [4.69, 9.17) is 21.9 Å². The lowest BCUT2D eigenvalue weighted by molar-refractivity contribution is 0.439. The number of rotatable bonds is 2. The Bertz CT molecular complexity index is 797. The smallest absolute Gasteiger partial charge is 0.230 e. The van der Waals surface area contributed by atoms with Crippen molar-refractivity contribution in [1.82, 2.24) is 5.16 Å². The summed E-state index contributed by atoms with van der Waals surface area (Å²) in [7, 11) is 0. The molecule has 0 bridgehead atoms. The molecule has 1 heterocycles. The van der Waals surface area contributed by atoms with Crippen LogP contribution in [0.5, 0.6) is 0 Å². The summed E-state index contributed by atoms with van der Waals surface area (Å²) in [5, 5.41) is 4.63. The van der Waals surface area contributed by atoms with Crippen LogP contribution in [0.1, 0.15) is 5.56 Å². The van der Waals surface area contributed by atoms with Crippen molar-refractivity contribution in [3.8, 4) is 22.4 Å². The number of nitrogen functional groups attached to an aromatic ring is 1. The number of aryl methyl sites for hydroxylation is 1. The summed E-state index contributed by atoms with van der Waals surface area (Å²) < 4.78 is 18.5. The molecule has 0 saturated heterocycles. The van der Waals surface area contributed by atoms with E-state index in [9.17, 15) is 4.39 Å². The Morgan fingerprint density at radius 2 is 1.76 bits per heavy atom. The highest BCUT2D eigenvalue weighted by atomic mass is 35.5. The molecule has 0 unspecified atom stereocenters. The summed E-state index contributed by atoms with van der Waals surface area (Å²) in [5.41, 5.74) is 9.27. The minimum absolute atomic E-state index is 0.217. The number of aromatic nitrogens is 1. The van der Waals surface area contributed by atoms with Gasteiger partial charge in [-0.05, 0) is 48.4 Å². The first-order valence-electron chi connectivity index (χ1n) is 6.34. The van der Waals surface area contributed by atoms with Crippen LogP contribution in [0, 0.1) is 12.7 Å². The number of anilines is 1. The third-order valence-corrected chi connectivity index (χ3v) is 3.53. The Morgan fingerprint density at radius 1 is 1.10 bits per heavy atom. The molecule has 3 aromatic rings. The van der Waals surface area contributed by atoms with Gasteiger partial charge in [0.2, 0.25) is 5.88 Å². The number of halogens is 2. The summed E-state index contributed by atoms with van der Waals surface area (Å²) in [5.74, 6) is -0.0439. The molecule has 3 nitrogen and oxygen atoms in total. The van der Waals surface area contributed by atoms with Crippen LogP contribution in [0.2, 0.25) is 5.02 Å². The lowest BCUT2D eigenvalue weighted by Gasteiger charge is -2.04. The largest absolute Gasteiger partial charge is 0.367 e. The maximum absolute atomic E-state index is 13.4. The lowest BCUT2D eigenvalue weighted by Crippen LogP contribution is -1.89. The fraction of sp³-hybridized carbons (Fsp3) is 0.0625. The maximum Gasteiger partial charge on any atom is 0.230 e. The molecule has 21 heavy (non-hydrogen) atoms. The van der Waals surface area contributed by atoms with Crippen molar-refractivity contribution in [3.05, 3.63) is 58.9 Å². The third kappa shape index (κ3) is 2.50. The van der Waals surface area contributed by atoms with Crippen molar-refractivity contribution in [2.45, 2.75) is 6.92 Å². The normalized spacial score (nSPS) is 10.8. The van der Waals surface area contributed by atoms with E-state index in [2.05, 4.69) is 5.16 Å². The van der Waals surface area contributed by atoms with Gasteiger partial charge < -0.3 is 10.3 Å². The van der Waals surface area contributed by atoms with Gasteiger partial charge in [-0.15, -0.1) is 0 Å². The van der Waals surface area contributed by atoms with Crippen molar-refractivity contribution in [1.29, 1.82) is 0 Å². The molecule has 2 N–H and O–H groups in total. The van der Waals surface area contributed by atoms with Crippen LogP contribution in [0.25, 0.3) is 22.4 Å². The van der Waals surface area contributed by atoms with E-state index >= 15 is 0 Å². The maximum atomic E-state index is 13.4. The van der Waals surface area contributed by atoms with Gasteiger partial charge in [0.1, 0.15) is 11.5 Å². The van der Waals surface area contributed by atoms with E-state index in [1.165, 1.54) is 6.07 Å². The molecular formula is C16H12ClFN2O. The molecule has 3 rings (SSSR count). The van der Waals surface area contributed by atoms with Gasteiger partial charge in [0.25, 0.3) is 0 Å². The molecule has 0 radical (unpaired) electrons. The molecule has 2 aromatic carbocycles. The quantitative estimate of drug-likeness (QED) is 0.747. The van der Waals surface area contributed by atoms with Crippen LogP contribution in [0.3, 0.4) is 0 Å². The number of hydrogen-bond acceptors (Lipinski definition) is 3. The van der Waals surface area contributed by atoms with E-state index in [-0.39, 0.29) is 11.7 Å². The monoisotopic (exact) mass is 302 g/mol. The Balaban J connectivity index is 2.16. The van der Waals surface area contributed by atoms with E-state index in [1.807, 2.05) is 12.1 Å². The SMILES string of the molecule is Cc1cc(-c2noc(N)c2-c2ccc(Cl)cc2)ccc1F. The first kappa shape index (κ1) is 13.6. The first-order valence-corrected chi connectivity index (χ1v) is 6.71. The van der Waals surface area contributed by atoms with Gasteiger partial charge in [0.05, 0.1) is 5.56 Å². The Labute approximate surface area is 126 Å². The zero-order valence-corrected chi connectivity index (χ0v) is 12.0. The van der Waals surface area contributed by atoms with E-state index in [0.29, 0.717) is 21.8 Å². The molecule has 0 aliphatic rings. The van der Waals surface area contributed by atoms with Gasteiger partial charge >= 0.3 is 0 Å². The van der Waals surface area contributed by atoms with Crippen molar-refractivity contribution in [2.24, 2.45) is 0 Å². The second-order valence-electron chi connectivity index (χ2n) is 4.74. The summed E-state index contributed by atoms with van der Waals surface area (Å²) >= 11 is 5.90. The minimum Gasteiger partial charge on any atom is -0.367 e. The predicted octanol–water partition coefficient (Wildman–Crippen LogP) is 4.69. The van der Waals surface area contributed by atoms with Gasteiger partial charge in [-0.3, -0.25) is 0 Å². The Hall–Kier alpha value is -2.33. The molecule has 0 fully saturated rings. The number of hydrogen-bond donors (Lipinski definition) is 1. The first-order chi connectivity index (χ1) is 10.1. The van der Waals surface area contributed by atoms with Crippen LogP contribution >= 0.6 is 11.6 Å². The highest BCUT2D eigenvalue weighted by molar-refractivity contribution is 6.30. The minimum atomic E-state index is -0.261. The van der Waals surface area contributed by atoms with Gasteiger partial charge in [-0.1, -0.05) is 28.9 Å². The topological polar surface area (TPSA) is 52.0 Å². The van der Waals surface area contributed by atoms with Gasteiger partial charge in [0.15, 0.2) is 0 Å². The van der Waals surface area contributed by atoms with Gasteiger partial charge in [-0.2, -0.15) is 0 Å². The van der Waals surface area contributed by atoms with Crippen molar-refractivity contribution in [2.75, 3.05) is 5.73 Å². The number of nitrogens with zero attached hydrogens (tertiary/aromatic N) is 1. The van der Waals surface area contributed by atoms with Gasteiger partial charge in [0, 0.05) is 10.6 Å². The zero-order valence-electron chi connectivity index (χ0n) is 11.2. The molecule has 1 aromatic heterocycles. The molecule has 5 heteroatoms. The molecule has 0 amide bonds. The molecule has 0 atom stereocenters. The van der Waals surface area contributed by atoms with E-state index in [1.54, 1.807) is 31.2 Å². The Kier molecular flexibility index (Phi) is 3.39. The zero-order chi connectivity index (χ0) is 15.0. The van der Waals surface area contributed by atoms with E-state index in [0.717, 1.165) is 11.1 Å². The fourth-order valence-corrected chi connectivity index (χ4v) is 2.31. The molecule has 106 valence electrons. The van der Waals surface area contributed by atoms with Crippen LogP contribution in [0.4, 0.5) is 10.3 Å². The Morgan fingerprint density at radius 3 is 2.43 bits per heavy atom. The van der Waals surface area contributed by atoms with Crippen LogP contribution in [0.15, 0.2) is 47.0 Å². The highest BCUT2D eigenvalue weighted by Gasteiger charge is 2.18. The average Bonchev–Trinajstić information content (AvgIpc) is 2.85. The second-order valence-corrected chi connectivity index (χ2v) is 5.18. The molecule has 0 aliphatic heterocycles. The van der Waals surface area contributed by atoms with Crippen molar-refractivity contribution >= 4 is 17.5 Å². The standard InChI is InChI=1S/C16H12ClFN2O/c1-9-8-11(4-7-13(9)18)15-14(16(19)21-20-15)10-2-5-12(17)6-3-10/h2-8H,19H2,1H3. The van der Waals surface area contributed by atoms with Crippen LogP contribution < -0.4 is 5.73 Å². The molecule has 0 aliphatic carbocycles. The van der Waals surface area contributed by atoms with Gasteiger partial charge in [-0.25, -0.2) is 4.39 Å². The summed E-state index contributed by atoms with van der Waals surface area (Å²) in [6, 6.07) is 12.0. The number of nitrogens with two attached hydrogens (primary N) is 1. The van der Waals surface area contributed by atoms with E-state index < -0.39 is 0 Å². The van der Waals surface area contributed by atoms with Crippen molar-refractivity contribution < 1.29 is 8.91 Å². The van der Waals surface area contributed by atoms with Crippen molar-refractivity contribution in [3.63, 3.8) is 0 Å². The summed E-state index contributed by atoms with van der Waals surface area (Å²) in [6.45, 7) is 1.70. The predicted molar refractivity (Wildman–Crippen MR) is 81.5 cm³/mol. The third-order valence-electron chi connectivity index (χ3n) is 3.28. The molecular weight excluding hydrogens is 291 g/mol. The average molecular weight is 303 g/mol. The molecule has 0 spiro atoms. The molecule has 0 saturated carbocycles. The second kappa shape index (κ2) is 5.22. The highest BCUT2D eigenvalue weighted by Crippen LogP contribution is 2.36. The summed E-state index contributed by atoms with van der Waals surface area (Å²) in [6.07, 6.45) is 0. The van der Waals surface area contributed by atoms with Crippen LogP contribution in [-0.4, -0.2) is 5.16 Å². The fourth-order valence-electron chi connectivity index (χ4n) is 2.19. The van der Waals surface area contributed by atoms with Crippen LogP contribution in [-0.2, 0) is 0 Å².